The third-order valence-corrected chi connectivity index (χ3v) is 2.42. The van der Waals surface area contributed by atoms with E-state index in [1.807, 2.05) is 0 Å². The Bertz CT molecular complexity index is 128. The molecule has 4 nitrogen and oxygen atoms in total. The molecule has 0 aromatic heterocycles. The van der Waals surface area contributed by atoms with Crippen LogP contribution < -0.4 is 11.3 Å². The van der Waals surface area contributed by atoms with Crippen LogP contribution in [-0.4, -0.2) is 50.2 Å². The molecule has 1 rings (SSSR count). The second kappa shape index (κ2) is 4.77. The van der Waals surface area contributed by atoms with Crippen LogP contribution in [0.25, 0.3) is 0 Å². The standard InChI is InChI=1S/C8H20N4/c1-11-4-3-8(5-11)6-12(2)7-10-9/h8,10H,3-7,9H2,1-2H3. The smallest absolute Gasteiger partial charge is 0.0610 e. The lowest BCUT2D eigenvalue weighted by Crippen LogP contribution is -2.38. The molecule has 12 heavy (non-hydrogen) atoms. The van der Waals surface area contributed by atoms with Gasteiger partial charge in [0.1, 0.15) is 0 Å². The van der Waals surface area contributed by atoms with Gasteiger partial charge in [-0.05, 0) is 33.0 Å². The first-order chi connectivity index (χ1) is 5.72. The first-order valence-corrected chi connectivity index (χ1v) is 4.53. The summed E-state index contributed by atoms with van der Waals surface area (Å²) in [4.78, 5) is 4.61. The SMILES string of the molecule is CN1CCC(CN(C)CNN)C1. The van der Waals surface area contributed by atoms with E-state index in [1.165, 1.54) is 19.5 Å². The molecular weight excluding hydrogens is 152 g/mol. The van der Waals surface area contributed by atoms with Crippen LogP contribution in [0.1, 0.15) is 6.42 Å². The van der Waals surface area contributed by atoms with Gasteiger partial charge < -0.3 is 4.90 Å². The molecule has 1 unspecified atom stereocenters. The lowest BCUT2D eigenvalue weighted by Gasteiger charge is -2.19. The second-order valence-electron chi connectivity index (χ2n) is 3.82. The van der Waals surface area contributed by atoms with Crippen LogP contribution in [-0.2, 0) is 0 Å². The number of nitrogens with one attached hydrogen (secondary N) is 1. The van der Waals surface area contributed by atoms with Crippen molar-refractivity contribution < 1.29 is 0 Å². The van der Waals surface area contributed by atoms with Crippen LogP contribution in [0.4, 0.5) is 0 Å². The Hall–Kier alpha value is -0.160. The predicted molar refractivity (Wildman–Crippen MR) is 50.4 cm³/mol. The van der Waals surface area contributed by atoms with E-state index in [0.717, 1.165) is 19.1 Å². The van der Waals surface area contributed by atoms with Gasteiger partial charge >= 0.3 is 0 Å². The summed E-state index contributed by atoms with van der Waals surface area (Å²) in [7, 11) is 4.28. The molecule has 3 N–H and O–H groups in total. The van der Waals surface area contributed by atoms with Crippen LogP contribution >= 0.6 is 0 Å². The van der Waals surface area contributed by atoms with E-state index in [-0.39, 0.29) is 0 Å². The average molecular weight is 172 g/mol. The van der Waals surface area contributed by atoms with Crippen LogP contribution in [0.15, 0.2) is 0 Å². The summed E-state index contributed by atoms with van der Waals surface area (Å²) < 4.78 is 0. The summed E-state index contributed by atoms with van der Waals surface area (Å²) in [5.41, 5.74) is 2.66. The zero-order chi connectivity index (χ0) is 8.97. The van der Waals surface area contributed by atoms with Gasteiger partial charge in [0.15, 0.2) is 0 Å². The Labute approximate surface area is 74.7 Å². The molecule has 0 amide bonds. The summed E-state index contributed by atoms with van der Waals surface area (Å²) in [6, 6.07) is 0. The van der Waals surface area contributed by atoms with Gasteiger partial charge in [-0.25, -0.2) is 5.43 Å². The number of nitrogens with zero attached hydrogens (tertiary/aromatic N) is 2. The number of hydrogen-bond acceptors (Lipinski definition) is 4. The topological polar surface area (TPSA) is 44.5 Å². The molecule has 0 saturated carbocycles. The molecule has 0 radical (unpaired) electrons. The molecule has 1 saturated heterocycles. The molecular formula is C8H20N4. The van der Waals surface area contributed by atoms with Crippen LogP contribution in [0.3, 0.4) is 0 Å². The number of rotatable bonds is 4. The molecule has 0 aromatic rings. The minimum Gasteiger partial charge on any atom is -0.306 e. The molecule has 4 heteroatoms. The van der Waals surface area contributed by atoms with Crippen molar-refractivity contribution in [1.82, 2.24) is 15.2 Å². The van der Waals surface area contributed by atoms with Crippen LogP contribution in [0.5, 0.6) is 0 Å². The van der Waals surface area contributed by atoms with Gasteiger partial charge in [0.2, 0.25) is 0 Å². The van der Waals surface area contributed by atoms with E-state index in [1.54, 1.807) is 0 Å². The summed E-state index contributed by atoms with van der Waals surface area (Å²) in [5.74, 6) is 6.06. The molecule has 0 bridgehead atoms. The van der Waals surface area contributed by atoms with Gasteiger partial charge in [0.05, 0.1) is 6.67 Å². The maximum absolute atomic E-state index is 5.23. The average Bonchev–Trinajstić information content (AvgIpc) is 2.36. The van der Waals surface area contributed by atoms with Gasteiger partial charge in [0, 0.05) is 13.1 Å². The summed E-state index contributed by atoms with van der Waals surface area (Å²) in [6.07, 6.45) is 1.32. The van der Waals surface area contributed by atoms with Gasteiger partial charge in [-0.15, -0.1) is 0 Å². The fraction of sp³-hybridized carbons (Fsp3) is 1.00. The molecule has 72 valence electrons. The molecule has 0 spiro atoms. The Kier molecular flexibility index (Phi) is 3.94. The largest absolute Gasteiger partial charge is 0.306 e. The highest BCUT2D eigenvalue weighted by Gasteiger charge is 2.20. The number of hydrogen-bond donors (Lipinski definition) is 2. The maximum atomic E-state index is 5.23. The van der Waals surface area contributed by atoms with E-state index in [0.29, 0.717) is 0 Å². The molecule has 1 aliphatic rings. The van der Waals surface area contributed by atoms with E-state index in [4.69, 9.17) is 5.84 Å². The molecule has 0 aromatic carbocycles. The fourth-order valence-corrected chi connectivity index (χ4v) is 1.84. The Morgan fingerprint density at radius 2 is 2.42 bits per heavy atom. The van der Waals surface area contributed by atoms with Crippen molar-refractivity contribution in [2.24, 2.45) is 11.8 Å². The van der Waals surface area contributed by atoms with Crippen LogP contribution in [0.2, 0.25) is 0 Å². The Balaban J connectivity index is 2.14. The van der Waals surface area contributed by atoms with Gasteiger partial charge in [-0.1, -0.05) is 0 Å². The van der Waals surface area contributed by atoms with E-state index >= 15 is 0 Å². The highest BCUT2D eigenvalue weighted by Crippen LogP contribution is 2.14. The zero-order valence-corrected chi connectivity index (χ0v) is 8.08. The minimum absolute atomic E-state index is 0.778. The van der Waals surface area contributed by atoms with Crippen molar-refractivity contribution in [3.05, 3.63) is 0 Å². The van der Waals surface area contributed by atoms with Gasteiger partial charge in [-0.2, -0.15) is 0 Å². The minimum atomic E-state index is 0.778. The van der Waals surface area contributed by atoms with E-state index < -0.39 is 0 Å². The maximum Gasteiger partial charge on any atom is 0.0610 e. The lowest BCUT2D eigenvalue weighted by atomic mass is 10.1. The molecule has 1 atom stereocenters. The van der Waals surface area contributed by atoms with Crippen molar-refractivity contribution in [2.45, 2.75) is 6.42 Å². The lowest BCUT2D eigenvalue weighted by molar-refractivity contribution is 0.258. The Morgan fingerprint density at radius 3 is 2.92 bits per heavy atom. The fourth-order valence-electron chi connectivity index (χ4n) is 1.84. The zero-order valence-electron chi connectivity index (χ0n) is 8.08. The Morgan fingerprint density at radius 1 is 1.67 bits per heavy atom. The second-order valence-corrected chi connectivity index (χ2v) is 3.82. The molecule has 1 aliphatic heterocycles. The van der Waals surface area contributed by atoms with Crippen molar-refractivity contribution in [2.75, 3.05) is 40.4 Å². The number of hydrazine groups is 1. The van der Waals surface area contributed by atoms with Gasteiger partial charge in [0.25, 0.3) is 0 Å². The van der Waals surface area contributed by atoms with Gasteiger partial charge in [-0.3, -0.25) is 10.7 Å². The third-order valence-electron chi connectivity index (χ3n) is 2.42. The highest BCUT2D eigenvalue weighted by molar-refractivity contribution is 4.74. The summed E-state index contributed by atoms with van der Waals surface area (Å²) >= 11 is 0. The van der Waals surface area contributed by atoms with Crippen molar-refractivity contribution in [3.8, 4) is 0 Å². The van der Waals surface area contributed by atoms with Crippen LogP contribution in [0, 0.1) is 5.92 Å². The van der Waals surface area contributed by atoms with Crippen molar-refractivity contribution in [3.63, 3.8) is 0 Å². The summed E-state index contributed by atoms with van der Waals surface area (Å²) in [5, 5.41) is 0. The predicted octanol–water partition coefficient (Wildman–Crippen LogP) is -0.709. The van der Waals surface area contributed by atoms with E-state index in [9.17, 15) is 0 Å². The monoisotopic (exact) mass is 172 g/mol. The molecule has 1 heterocycles. The molecule has 0 aliphatic carbocycles. The molecule has 1 fully saturated rings. The van der Waals surface area contributed by atoms with Crippen molar-refractivity contribution in [1.29, 1.82) is 0 Å². The highest BCUT2D eigenvalue weighted by atomic mass is 15.3. The third kappa shape index (κ3) is 3.06. The first kappa shape index (κ1) is 9.92. The quantitative estimate of drug-likeness (QED) is 0.334. The number of nitrogens with two attached hydrogens (primary N) is 1. The summed E-state index contributed by atoms with van der Waals surface area (Å²) in [6.45, 7) is 4.40. The van der Waals surface area contributed by atoms with Crippen molar-refractivity contribution >= 4 is 0 Å². The number of likely N-dealkylation sites (tertiary alicyclic amines) is 1. The first-order valence-electron chi connectivity index (χ1n) is 4.53. The van der Waals surface area contributed by atoms with E-state index in [2.05, 4.69) is 29.3 Å². The normalized spacial score (nSPS) is 25.5.